The highest BCUT2D eigenvalue weighted by atomic mass is 32.2. The smallest absolute Gasteiger partial charge is 0.329 e. The van der Waals surface area contributed by atoms with E-state index in [-0.39, 0.29) is 15.9 Å². The maximum atomic E-state index is 12.1. The third-order valence-electron chi connectivity index (χ3n) is 2.94. The number of hydrogen-bond donors (Lipinski definition) is 3. The van der Waals surface area contributed by atoms with Crippen molar-refractivity contribution in [2.75, 3.05) is 0 Å². The van der Waals surface area contributed by atoms with Crippen molar-refractivity contribution in [1.29, 1.82) is 0 Å². The Hall–Kier alpha value is -2.53. The molecule has 0 aliphatic rings. The van der Waals surface area contributed by atoms with Crippen LogP contribution in [-0.2, 0) is 21.9 Å². The van der Waals surface area contributed by atoms with Gasteiger partial charge in [-0.15, -0.1) is 0 Å². The number of aliphatic carboxylic acids is 1. The Morgan fingerprint density at radius 2 is 2.09 bits per heavy atom. The van der Waals surface area contributed by atoms with Gasteiger partial charge in [0.05, 0.1) is 5.39 Å². The van der Waals surface area contributed by atoms with Gasteiger partial charge in [-0.05, 0) is 13.0 Å². The zero-order valence-corrected chi connectivity index (χ0v) is 12.3. The quantitative estimate of drug-likeness (QED) is 0.609. The highest BCUT2D eigenvalue weighted by molar-refractivity contribution is 7.89. The fourth-order valence-corrected chi connectivity index (χ4v) is 2.88. The van der Waals surface area contributed by atoms with Crippen LogP contribution in [0.1, 0.15) is 6.92 Å². The van der Waals surface area contributed by atoms with Crippen molar-refractivity contribution in [2.24, 2.45) is 7.05 Å². The number of rotatable bonds is 4. The number of H-pyrrole nitrogens is 1. The number of nitrogens with one attached hydrogen (secondary N) is 2. The second kappa shape index (κ2) is 5.35. The average Bonchev–Trinajstić information content (AvgIpc) is 2.43. The lowest BCUT2D eigenvalue weighted by atomic mass is 10.3. The number of aryl methyl sites for hydroxylation is 1. The first-order valence-electron chi connectivity index (χ1n) is 5.97. The van der Waals surface area contributed by atoms with Gasteiger partial charge in [0.2, 0.25) is 10.0 Å². The number of carboxylic acids is 1. The number of sulfonamides is 1. The first kappa shape index (κ1) is 15.9. The van der Waals surface area contributed by atoms with Crippen molar-refractivity contribution in [3.05, 3.63) is 33.1 Å². The molecule has 0 unspecified atom stereocenters. The van der Waals surface area contributed by atoms with Gasteiger partial charge >= 0.3 is 11.7 Å². The molecule has 3 N–H and O–H groups in total. The molecule has 2 heterocycles. The SMILES string of the molecule is C[C@H](NS(=O)(=O)c1cnc2c(c1)c(=O)[nH]c(=O)n2C)C(=O)O. The van der Waals surface area contributed by atoms with Gasteiger partial charge in [0.25, 0.3) is 5.56 Å². The fraction of sp³-hybridized carbons (Fsp3) is 0.273. The van der Waals surface area contributed by atoms with E-state index in [1.165, 1.54) is 7.05 Å². The van der Waals surface area contributed by atoms with Crippen molar-refractivity contribution in [3.63, 3.8) is 0 Å². The molecule has 2 aromatic rings. The third kappa shape index (κ3) is 2.76. The summed E-state index contributed by atoms with van der Waals surface area (Å²) in [5.41, 5.74) is -1.45. The van der Waals surface area contributed by atoms with Gasteiger partial charge in [0.1, 0.15) is 16.6 Å². The summed E-state index contributed by atoms with van der Waals surface area (Å²) in [6, 6.07) is -0.323. The van der Waals surface area contributed by atoms with Crippen LogP contribution < -0.4 is 16.0 Å². The Morgan fingerprint density at radius 1 is 1.45 bits per heavy atom. The molecule has 0 amide bonds. The van der Waals surface area contributed by atoms with Crippen molar-refractivity contribution in [3.8, 4) is 0 Å². The van der Waals surface area contributed by atoms with E-state index < -0.39 is 33.3 Å². The summed E-state index contributed by atoms with van der Waals surface area (Å²) < 4.78 is 27.1. The molecule has 0 saturated heterocycles. The molecular formula is C11H12N4O6S. The molecule has 11 heteroatoms. The Kier molecular flexibility index (Phi) is 3.85. The molecule has 0 spiro atoms. The number of aromatic amines is 1. The minimum absolute atomic E-state index is 0.0129. The molecule has 118 valence electrons. The summed E-state index contributed by atoms with van der Waals surface area (Å²) in [5, 5.41) is 8.64. The molecule has 1 atom stereocenters. The van der Waals surface area contributed by atoms with Gasteiger partial charge in [-0.25, -0.2) is 18.2 Å². The zero-order valence-electron chi connectivity index (χ0n) is 11.5. The van der Waals surface area contributed by atoms with Crippen LogP contribution in [0.15, 0.2) is 26.7 Å². The number of aromatic nitrogens is 3. The monoisotopic (exact) mass is 328 g/mol. The molecular weight excluding hydrogens is 316 g/mol. The highest BCUT2D eigenvalue weighted by Gasteiger charge is 2.22. The molecule has 0 aliphatic heterocycles. The van der Waals surface area contributed by atoms with Gasteiger partial charge in [-0.1, -0.05) is 0 Å². The first-order chi connectivity index (χ1) is 10.1. The third-order valence-corrected chi connectivity index (χ3v) is 4.45. The van der Waals surface area contributed by atoms with Crippen LogP contribution in [0.25, 0.3) is 11.0 Å². The number of hydrogen-bond acceptors (Lipinski definition) is 6. The minimum Gasteiger partial charge on any atom is -0.480 e. The average molecular weight is 328 g/mol. The highest BCUT2D eigenvalue weighted by Crippen LogP contribution is 2.12. The standard InChI is InChI=1S/C11H12N4O6S/c1-5(10(17)18)14-22(20,21)6-3-7-8(12-4-6)15(2)11(19)13-9(7)16/h3-5,14H,1-2H3,(H,17,18)(H,13,16,19)/t5-/m0/s1. The van der Waals surface area contributed by atoms with Crippen LogP contribution in [0.5, 0.6) is 0 Å². The van der Waals surface area contributed by atoms with Gasteiger partial charge in [0, 0.05) is 13.2 Å². The Balaban J connectivity index is 2.62. The Morgan fingerprint density at radius 3 is 2.68 bits per heavy atom. The predicted molar refractivity (Wildman–Crippen MR) is 75.0 cm³/mol. The second-order valence-electron chi connectivity index (χ2n) is 4.54. The van der Waals surface area contributed by atoms with E-state index in [2.05, 4.69) is 4.98 Å². The lowest BCUT2D eigenvalue weighted by molar-refractivity contribution is -0.138. The molecule has 2 rings (SSSR count). The second-order valence-corrected chi connectivity index (χ2v) is 6.26. The minimum atomic E-state index is -4.17. The van der Waals surface area contributed by atoms with Gasteiger partial charge < -0.3 is 5.11 Å². The van der Waals surface area contributed by atoms with Crippen LogP contribution in [0.2, 0.25) is 0 Å². The van der Waals surface area contributed by atoms with Gasteiger partial charge in [-0.2, -0.15) is 4.72 Å². The van der Waals surface area contributed by atoms with Gasteiger partial charge in [-0.3, -0.25) is 19.1 Å². The molecule has 10 nitrogen and oxygen atoms in total. The van der Waals surface area contributed by atoms with E-state index in [0.717, 1.165) is 23.8 Å². The summed E-state index contributed by atoms with van der Waals surface area (Å²) in [6.45, 7) is 1.16. The molecule has 0 aliphatic carbocycles. The zero-order chi connectivity index (χ0) is 16.7. The van der Waals surface area contributed by atoms with E-state index in [0.29, 0.717) is 0 Å². The number of pyridine rings is 1. The van der Waals surface area contributed by atoms with E-state index in [9.17, 15) is 22.8 Å². The van der Waals surface area contributed by atoms with Crippen molar-refractivity contribution in [2.45, 2.75) is 17.9 Å². The van der Waals surface area contributed by atoms with Crippen molar-refractivity contribution >= 4 is 27.0 Å². The first-order valence-corrected chi connectivity index (χ1v) is 7.46. The van der Waals surface area contributed by atoms with E-state index >= 15 is 0 Å². The summed E-state index contributed by atoms with van der Waals surface area (Å²) in [7, 11) is -2.80. The molecule has 0 radical (unpaired) electrons. The van der Waals surface area contributed by atoms with E-state index in [1.807, 2.05) is 9.71 Å². The van der Waals surface area contributed by atoms with Crippen LogP contribution in [-0.4, -0.2) is 40.1 Å². The van der Waals surface area contributed by atoms with E-state index in [1.54, 1.807) is 0 Å². The summed E-state index contributed by atoms with van der Waals surface area (Å²) in [5.74, 6) is -1.35. The fourth-order valence-electron chi connectivity index (χ4n) is 1.72. The largest absolute Gasteiger partial charge is 0.480 e. The van der Waals surface area contributed by atoms with Crippen LogP contribution in [0, 0.1) is 0 Å². The predicted octanol–water partition coefficient (Wildman–Crippen LogP) is -1.63. The van der Waals surface area contributed by atoms with Crippen molar-refractivity contribution in [1.82, 2.24) is 19.3 Å². The summed E-state index contributed by atoms with van der Waals surface area (Å²) >= 11 is 0. The van der Waals surface area contributed by atoms with Crippen LogP contribution in [0.3, 0.4) is 0 Å². The number of carboxylic acid groups (broad SMARTS) is 1. The maximum Gasteiger partial charge on any atom is 0.329 e. The number of nitrogens with zero attached hydrogens (tertiary/aromatic N) is 2. The molecule has 2 aromatic heterocycles. The lowest BCUT2D eigenvalue weighted by Crippen LogP contribution is -2.38. The van der Waals surface area contributed by atoms with Gasteiger partial charge in [0.15, 0.2) is 0 Å². The molecule has 0 saturated carbocycles. The number of fused-ring (bicyclic) bond motifs is 1. The molecule has 0 bridgehead atoms. The van der Waals surface area contributed by atoms with E-state index in [4.69, 9.17) is 5.11 Å². The van der Waals surface area contributed by atoms with Crippen molar-refractivity contribution < 1.29 is 18.3 Å². The summed E-state index contributed by atoms with van der Waals surface area (Å²) in [6.07, 6.45) is 0.943. The number of carbonyl (C=O) groups is 1. The molecule has 22 heavy (non-hydrogen) atoms. The van der Waals surface area contributed by atoms with Crippen LogP contribution in [0.4, 0.5) is 0 Å². The summed E-state index contributed by atoms with van der Waals surface area (Å²) in [4.78, 5) is 39.3. The topological polar surface area (TPSA) is 151 Å². The van der Waals surface area contributed by atoms with Crippen LogP contribution >= 0.6 is 0 Å². The Labute approximate surface area is 123 Å². The lowest BCUT2D eigenvalue weighted by Gasteiger charge is -2.10. The molecule has 0 fully saturated rings. The molecule has 0 aromatic carbocycles. The maximum absolute atomic E-state index is 12.1. The Bertz CT molecular complexity index is 974. The normalized spacial score (nSPS) is 13.2.